The number of amides is 2. The number of halogens is 1. The highest BCUT2D eigenvalue weighted by molar-refractivity contribution is 6.30. The van der Waals surface area contributed by atoms with Crippen molar-refractivity contribution in [1.29, 1.82) is 0 Å². The maximum Gasteiger partial charge on any atom is 0.242 e. The van der Waals surface area contributed by atoms with Crippen LogP contribution in [0.25, 0.3) is 10.8 Å². The maximum atomic E-state index is 13.4. The molecule has 0 saturated heterocycles. The Morgan fingerprint density at radius 1 is 0.969 bits per heavy atom. The summed E-state index contributed by atoms with van der Waals surface area (Å²) in [5.74, 6) is -0.214. The molecule has 3 aromatic carbocycles. The van der Waals surface area contributed by atoms with Crippen LogP contribution < -0.4 is 5.32 Å². The molecule has 1 N–H and O–H groups in total. The van der Waals surface area contributed by atoms with E-state index in [4.69, 9.17) is 11.6 Å². The summed E-state index contributed by atoms with van der Waals surface area (Å²) >= 11 is 6.02. The molecular weight excluding hydrogens is 420 g/mol. The van der Waals surface area contributed by atoms with Crippen LogP contribution >= 0.6 is 11.6 Å². The lowest BCUT2D eigenvalue weighted by atomic mass is 10.0. The largest absolute Gasteiger partial charge is 0.350 e. The summed E-state index contributed by atoms with van der Waals surface area (Å²) in [7, 11) is 0. The molecule has 0 bridgehead atoms. The molecule has 1 atom stereocenters. The molecule has 0 spiro atoms. The highest BCUT2D eigenvalue weighted by Crippen LogP contribution is 2.21. The first kappa shape index (κ1) is 23.8. The van der Waals surface area contributed by atoms with Crippen LogP contribution in [0.15, 0.2) is 66.7 Å². The minimum absolute atomic E-state index is 0.0514. The predicted molar refractivity (Wildman–Crippen MR) is 132 cm³/mol. The van der Waals surface area contributed by atoms with Crippen molar-refractivity contribution >= 4 is 34.2 Å². The first-order chi connectivity index (χ1) is 15.1. The van der Waals surface area contributed by atoms with Gasteiger partial charge in [0.25, 0.3) is 0 Å². The van der Waals surface area contributed by atoms with Crippen molar-refractivity contribution < 1.29 is 9.59 Å². The molecule has 1 unspecified atom stereocenters. The van der Waals surface area contributed by atoms with Crippen LogP contribution in [-0.4, -0.2) is 28.3 Å². The number of rotatable bonds is 7. The third-order valence-corrected chi connectivity index (χ3v) is 5.67. The Labute approximate surface area is 195 Å². The molecule has 32 heavy (non-hydrogen) atoms. The van der Waals surface area contributed by atoms with Crippen LogP contribution in [0.1, 0.15) is 45.2 Å². The Bertz CT molecular complexity index is 1080. The molecule has 168 valence electrons. The quantitative estimate of drug-likeness (QED) is 0.497. The number of benzene rings is 3. The average Bonchev–Trinajstić information content (AvgIpc) is 2.75. The van der Waals surface area contributed by atoms with E-state index in [1.807, 2.05) is 51.1 Å². The monoisotopic (exact) mass is 450 g/mol. The zero-order valence-electron chi connectivity index (χ0n) is 19.2. The Kier molecular flexibility index (Phi) is 7.57. The Morgan fingerprint density at radius 3 is 2.31 bits per heavy atom. The molecule has 3 rings (SSSR count). The van der Waals surface area contributed by atoms with Crippen molar-refractivity contribution in [2.24, 2.45) is 0 Å². The van der Waals surface area contributed by atoms with Crippen LogP contribution in [0, 0.1) is 0 Å². The van der Waals surface area contributed by atoms with E-state index in [1.54, 1.807) is 24.0 Å². The summed E-state index contributed by atoms with van der Waals surface area (Å²) in [6, 6.07) is 21.1. The number of carbonyl (C=O) groups excluding carboxylic acids is 2. The van der Waals surface area contributed by atoms with Crippen molar-refractivity contribution in [3.63, 3.8) is 0 Å². The fraction of sp³-hybridized carbons (Fsp3) is 0.333. The van der Waals surface area contributed by atoms with Crippen molar-refractivity contribution in [3.8, 4) is 0 Å². The van der Waals surface area contributed by atoms with E-state index in [1.165, 1.54) is 0 Å². The third kappa shape index (κ3) is 6.33. The van der Waals surface area contributed by atoms with Crippen LogP contribution in [0.5, 0.6) is 0 Å². The van der Waals surface area contributed by atoms with Gasteiger partial charge in [-0.3, -0.25) is 9.59 Å². The molecule has 5 heteroatoms. The molecular formula is C27H31ClN2O2. The van der Waals surface area contributed by atoms with Crippen LogP contribution in [-0.2, 0) is 22.6 Å². The lowest BCUT2D eigenvalue weighted by Gasteiger charge is -2.31. The Morgan fingerprint density at radius 2 is 1.62 bits per heavy atom. The number of carbonyl (C=O) groups is 2. The van der Waals surface area contributed by atoms with Crippen molar-refractivity contribution in [2.75, 3.05) is 0 Å². The fourth-order valence-corrected chi connectivity index (χ4v) is 3.86. The van der Waals surface area contributed by atoms with Crippen LogP contribution in [0.2, 0.25) is 5.02 Å². The summed E-state index contributed by atoms with van der Waals surface area (Å²) in [5.41, 5.74) is 1.70. The maximum absolute atomic E-state index is 13.4. The van der Waals surface area contributed by atoms with Gasteiger partial charge in [0.1, 0.15) is 6.04 Å². The minimum Gasteiger partial charge on any atom is -0.350 e. The van der Waals surface area contributed by atoms with Gasteiger partial charge in [-0.05, 0) is 68.1 Å². The number of aryl methyl sites for hydroxylation is 1. The van der Waals surface area contributed by atoms with Crippen molar-refractivity contribution in [3.05, 3.63) is 82.9 Å². The molecule has 2 amide bonds. The normalized spacial score (nSPS) is 12.4. The topological polar surface area (TPSA) is 49.4 Å². The van der Waals surface area contributed by atoms with Crippen molar-refractivity contribution in [1.82, 2.24) is 10.2 Å². The SMILES string of the molecule is CC(C(=O)NC(C)(C)C)N(Cc1ccc(Cl)cc1)C(=O)CCc1cccc2ccccc12. The van der Waals surface area contributed by atoms with Gasteiger partial charge in [0, 0.05) is 23.5 Å². The molecule has 4 nitrogen and oxygen atoms in total. The van der Waals surface area contributed by atoms with E-state index in [0.717, 1.165) is 21.9 Å². The number of nitrogens with one attached hydrogen (secondary N) is 1. The van der Waals surface area contributed by atoms with E-state index in [9.17, 15) is 9.59 Å². The Balaban J connectivity index is 1.80. The third-order valence-electron chi connectivity index (χ3n) is 5.42. The average molecular weight is 451 g/mol. The molecule has 0 radical (unpaired) electrons. The molecule has 0 heterocycles. The Hall–Kier alpha value is -2.85. The summed E-state index contributed by atoms with van der Waals surface area (Å²) < 4.78 is 0. The highest BCUT2D eigenvalue weighted by atomic mass is 35.5. The lowest BCUT2D eigenvalue weighted by Crippen LogP contribution is -2.52. The van der Waals surface area contributed by atoms with Gasteiger partial charge >= 0.3 is 0 Å². The molecule has 0 aromatic heterocycles. The molecule has 0 aliphatic heterocycles. The number of hydrogen-bond acceptors (Lipinski definition) is 2. The molecule has 0 aliphatic rings. The second-order valence-corrected chi connectivity index (χ2v) is 9.64. The van der Waals surface area contributed by atoms with Gasteiger partial charge < -0.3 is 10.2 Å². The summed E-state index contributed by atoms with van der Waals surface area (Å²) in [4.78, 5) is 27.9. The van der Waals surface area contributed by atoms with Crippen LogP contribution in [0.3, 0.4) is 0 Å². The summed E-state index contributed by atoms with van der Waals surface area (Å²) in [5, 5.41) is 5.95. The van der Waals surface area contributed by atoms with Gasteiger partial charge in [0.2, 0.25) is 11.8 Å². The number of nitrogens with zero attached hydrogens (tertiary/aromatic N) is 1. The van der Waals surface area contributed by atoms with E-state index in [-0.39, 0.29) is 17.4 Å². The van der Waals surface area contributed by atoms with Crippen molar-refractivity contribution in [2.45, 2.75) is 58.7 Å². The van der Waals surface area contributed by atoms with Gasteiger partial charge in [0.05, 0.1) is 0 Å². The van der Waals surface area contributed by atoms with Gasteiger partial charge in [-0.2, -0.15) is 0 Å². The fourth-order valence-electron chi connectivity index (χ4n) is 3.74. The molecule has 0 fully saturated rings. The lowest BCUT2D eigenvalue weighted by molar-refractivity contribution is -0.141. The molecule has 0 aliphatic carbocycles. The van der Waals surface area contributed by atoms with E-state index >= 15 is 0 Å². The van der Waals surface area contributed by atoms with Gasteiger partial charge in [-0.25, -0.2) is 0 Å². The number of hydrogen-bond donors (Lipinski definition) is 1. The van der Waals surface area contributed by atoms with E-state index in [2.05, 4.69) is 29.6 Å². The predicted octanol–water partition coefficient (Wildman–Crippen LogP) is 5.76. The standard InChI is InChI=1S/C27H31ClN2O2/c1-19(26(32)29-27(2,3)4)30(18-20-12-15-23(28)16-13-20)25(31)17-14-22-10-7-9-21-8-5-6-11-24(21)22/h5-13,15-16,19H,14,17-18H2,1-4H3,(H,29,32). The van der Waals surface area contributed by atoms with E-state index in [0.29, 0.717) is 24.4 Å². The second kappa shape index (κ2) is 10.2. The minimum atomic E-state index is -0.593. The first-order valence-corrected chi connectivity index (χ1v) is 11.3. The zero-order chi connectivity index (χ0) is 23.3. The first-order valence-electron chi connectivity index (χ1n) is 11.0. The summed E-state index contributed by atoms with van der Waals surface area (Å²) in [6.07, 6.45) is 0.944. The number of fused-ring (bicyclic) bond motifs is 1. The summed E-state index contributed by atoms with van der Waals surface area (Å²) in [6.45, 7) is 7.94. The van der Waals surface area contributed by atoms with Gasteiger partial charge in [0.15, 0.2) is 0 Å². The van der Waals surface area contributed by atoms with Crippen LogP contribution in [0.4, 0.5) is 0 Å². The molecule has 0 saturated carbocycles. The van der Waals surface area contributed by atoms with Gasteiger partial charge in [-0.1, -0.05) is 66.2 Å². The van der Waals surface area contributed by atoms with Gasteiger partial charge in [-0.15, -0.1) is 0 Å². The second-order valence-electron chi connectivity index (χ2n) is 9.20. The zero-order valence-corrected chi connectivity index (χ0v) is 19.9. The van der Waals surface area contributed by atoms with E-state index < -0.39 is 6.04 Å². The molecule has 3 aromatic rings. The smallest absolute Gasteiger partial charge is 0.242 e. The highest BCUT2D eigenvalue weighted by Gasteiger charge is 2.28.